The molecule has 2 aliphatic heterocycles. The Balaban J connectivity index is 1.60. The van der Waals surface area contributed by atoms with Gasteiger partial charge in [-0.1, -0.05) is 6.92 Å². The summed E-state index contributed by atoms with van der Waals surface area (Å²) < 4.78 is 2.13. The third kappa shape index (κ3) is 2.51. The fourth-order valence-electron chi connectivity index (χ4n) is 2.89. The average Bonchev–Trinajstić information content (AvgIpc) is 2.94. The van der Waals surface area contributed by atoms with Crippen molar-refractivity contribution in [1.82, 2.24) is 19.7 Å². The predicted molar refractivity (Wildman–Crippen MR) is 66.9 cm³/mol. The Hall–Kier alpha value is -0.900. The molecule has 4 heteroatoms. The molecule has 17 heavy (non-hydrogen) atoms. The second-order valence-electron chi connectivity index (χ2n) is 5.57. The molecule has 0 spiro atoms. The van der Waals surface area contributed by atoms with Gasteiger partial charge in [0.2, 0.25) is 0 Å². The van der Waals surface area contributed by atoms with Crippen LogP contribution in [0.4, 0.5) is 0 Å². The smallest absolute Gasteiger partial charge is 0.152 e. The standard InChI is InChI=1S/C13H22N4/c1-11-4-5-13-14-12(15-17(13)10-11)6-9-16-7-2-3-8-16/h11H,2-10H2,1H3. The van der Waals surface area contributed by atoms with Gasteiger partial charge in [-0.05, 0) is 38.3 Å². The number of hydrogen-bond donors (Lipinski definition) is 0. The summed E-state index contributed by atoms with van der Waals surface area (Å²) in [5.74, 6) is 3.02. The van der Waals surface area contributed by atoms with Gasteiger partial charge in [0.05, 0.1) is 0 Å². The van der Waals surface area contributed by atoms with E-state index in [1.54, 1.807) is 0 Å². The molecular weight excluding hydrogens is 212 g/mol. The van der Waals surface area contributed by atoms with Crippen molar-refractivity contribution in [3.63, 3.8) is 0 Å². The van der Waals surface area contributed by atoms with Crippen LogP contribution >= 0.6 is 0 Å². The third-order valence-corrected chi connectivity index (χ3v) is 3.99. The molecule has 4 nitrogen and oxygen atoms in total. The van der Waals surface area contributed by atoms with Crippen molar-refractivity contribution >= 4 is 0 Å². The first-order valence-electron chi connectivity index (χ1n) is 6.96. The number of hydrogen-bond acceptors (Lipinski definition) is 3. The zero-order valence-corrected chi connectivity index (χ0v) is 10.7. The van der Waals surface area contributed by atoms with Crippen LogP contribution in [0, 0.1) is 5.92 Å². The lowest BCUT2D eigenvalue weighted by Crippen LogP contribution is -2.22. The van der Waals surface area contributed by atoms with E-state index in [9.17, 15) is 0 Å². The number of likely N-dealkylation sites (tertiary alicyclic amines) is 1. The molecule has 0 saturated carbocycles. The first-order valence-corrected chi connectivity index (χ1v) is 6.96. The molecule has 0 amide bonds. The Kier molecular flexibility index (Phi) is 3.14. The molecule has 3 heterocycles. The molecule has 2 aliphatic rings. The summed E-state index contributed by atoms with van der Waals surface area (Å²) in [5, 5.41) is 4.64. The van der Waals surface area contributed by atoms with Gasteiger partial charge in [0.1, 0.15) is 5.82 Å². The zero-order chi connectivity index (χ0) is 11.7. The third-order valence-electron chi connectivity index (χ3n) is 3.99. The number of nitrogens with zero attached hydrogens (tertiary/aromatic N) is 4. The van der Waals surface area contributed by atoms with Crippen LogP contribution in [0.5, 0.6) is 0 Å². The summed E-state index contributed by atoms with van der Waals surface area (Å²) >= 11 is 0. The molecule has 1 unspecified atom stereocenters. The molecule has 94 valence electrons. The topological polar surface area (TPSA) is 34.0 Å². The van der Waals surface area contributed by atoms with Gasteiger partial charge in [0.15, 0.2) is 5.82 Å². The Bertz CT molecular complexity index is 379. The lowest BCUT2D eigenvalue weighted by molar-refractivity contribution is 0.339. The zero-order valence-electron chi connectivity index (χ0n) is 10.7. The Morgan fingerprint density at radius 1 is 1.29 bits per heavy atom. The van der Waals surface area contributed by atoms with E-state index in [0.717, 1.165) is 37.7 Å². The van der Waals surface area contributed by atoms with E-state index < -0.39 is 0 Å². The second-order valence-corrected chi connectivity index (χ2v) is 5.57. The SMILES string of the molecule is CC1CCc2nc(CCN3CCCC3)nn2C1. The van der Waals surface area contributed by atoms with Crippen molar-refractivity contribution in [2.45, 2.75) is 45.6 Å². The van der Waals surface area contributed by atoms with Gasteiger partial charge in [-0.15, -0.1) is 0 Å². The highest BCUT2D eigenvalue weighted by Crippen LogP contribution is 2.17. The number of aryl methyl sites for hydroxylation is 1. The van der Waals surface area contributed by atoms with Gasteiger partial charge in [0, 0.05) is 25.9 Å². The van der Waals surface area contributed by atoms with Crippen molar-refractivity contribution < 1.29 is 0 Å². The summed E-state index contributed by atoms with van der Waals surface area (Å²) in [5.41, 5.74) is 0. The predicted octanol–water partition coefficient (Wildman–Crippen LogP) is 1.50. The van der Waals surface area contributed by atoms with E-state index in [-0.39, 0.29) is 0 Å². The van der Waals surface area contributed by atoms with Crippen LogP contribution in [0.1, 0.15) is 37.8 Å². The van der Waals surface area contributed by atoms with Crippen LogP contribution in [0.25, 0.3) is 0 Å². The molecule has 0 aromatic carbocycles. The molecule has 1 aromatic rings. The first kappa shape index (κ1) is 11.2. The van der Waals surface area contributed by atoms with E-state index >= 15 is 0 Å². The van der Waals surface area contributed by atoms with E-state index in [0.29, 0.717) is 0 Å². The summed E-state index contributed by atoms with van der Waals surface area (Å²) in [7, 11) is 0. The monoisotopic (exact) mass is 234 g/mol. The van der Waals surface area contributed by atoms with Crippen LogP contribution in [-0.4, -0.2) is 39.3 Å². The lowest BCUT2D eigenvalue weighted by atomic mass is 10.0. The molecule has 1 aromatic heterocycles. The minimum atomic E-state index is 0.760. The summed E-state index contributed by atoms with van der Waals surface area (Å²) in [4.78, 5) is 7.20. The quantitative estimate of drug-likeness (QED) is 0.795. The van der Waals surface area contributed by atoms with Crippen molar-refractivity contribution in [3.05, 3.63) is 11.6 Å². The van der Waals surface area contributed by atoms with Gasteiger partial charge in [0.25, 0.3) is 0 Å². The Morgan fingerprint density at radius 3 is 2.94 bits per heavy atom. The minimum Gasteiger partial charge on any atom is -0.303 e. The highest BCUT2D eigenvalue weighted by atomic mass is 15.4. The van der Waals surface area contributed by atoms with Gasteiger partial charge in [-0.2, -0.15) is 5.10 Å². The number of fused-ring (bicyclic) bond motifs is 1. The number of aromatic nitrogens is 3. The van der Waals surface area contributed by atoms with E-state index in [1.165, 1.54) is 38.2 Å². The maximum atomic E-state index is 4.67. The van der Waals surface area contributed by atoms with E-state index in [1.807, 2.05) is 0 Å². The molecule has 3 rings (SSSR count). The highest BCUT2D eigenvalue weighted by Gasteiger charge is 2.19. The fraction of sp³-hybridized carbons (Fsp3) is 0.846. The Labute approximate surface area is 103 Å². The molecule has 0 aliphatic carbocycles. The number of rotatable bonds is 3. The highest BCUT2D eigenvalue weighted by molar-refractivity contribution is 4.97. The van der Waals surface area contributed by atoms with Gasteiger partial charge in [-0.25, -0.2) is 9.67 Å². The van der Waals surface area contributed by atoms with E-state index in [2.05, 4.69) is 26.6 Å². The van der Waals surface area contributed by atoms with Gasteiger partial charge in [-0.3, -0.25) is 0 Å². The van der Waals surface area contributed by atoms with Crippen molar-refractivity contribution in [2.75, 3.05) is 19.6 Å². The van der Waals surface area contributed by atoms with E-state index in [4.69, 9.17) is 0 Å². The molecule has 0 N–H and O–H groups in total. The van der Waals surface area contributed by atoms with Crippen molar-refractivity contribution in [3.8, 4) is 0 Å². The van der Waals surface area contributed by atoms with Crippen molar-refractivity contribution in [1.29, 1.82) is 0 Å². The molecular formula is C13H22N4. The van der Waals surface area contributed by atoms with Gasteiger partial charge < -0.3 is 4.90 Å². The summed E-state index contributed by atoms with van der Waals surface area (Å²) in [6.45, 7) is 7.04. The molecule has 1 atom stereocenters. The van der Waals surface area contributed by atoms with Crippen molar-refractivity contribution in [2.24, 2.45) is 5.92 Å². The maximum Gasteiger partial charge on any atom is 0.152 e. The van der Waals surface area contributed by atoms with Crippen LogP contribution in [0.2, 0.25) is 0 Å². The summed E-state index contributed by atoms with van der Waals surface area (Å²) in [6, 6.07) is 0. The lowest BCUT2D eigenvalue weighted by Gasteiger charge is -2.17. The Morgan fingerprint density at radius 2 is 2.12 bits per heavy atom. The largest absolute Gasteiger partial charge is 0.303 e. The second kappa shape index (κ2) is 4.77. The molecule has 0 bridgehead atoms. The average molecular weight is 234 g/mol. The maximum absolute atomic E-state index is 4.67. The fourth-order valence-corrected chi connectivity index (χ4v) is 2.89. The van der Waals surface area contributed by atoms with Gasteiger partial charge >= 0.3 is 0 Å². The summed E-state index contributed by atoms with van der Waals surface area (Å²) in [6.07, 6.45) is 6.13. The normalized spacial score (nSPS) is 25.1. The molecule has 0 radical (unpaired) electrons. The minimum absolute atomic E-state index is 0.760. The first-order chi connectivity index (χ1) is 8.31. The molecule has 1 saturated heterocycles. The van der Waals surface area contributed by atoms with Crippen LogP contribution in [0.3, 0.4) is 0 Å². The van der Waals surface area contributed by atoms with Crippen LogP contribution in [0.15, 0.2) is 0 Å². The van der Waals surface area contributed by atoms with Crippen LogP contribution < -0.4 is 0 Å². The van der Waals surface area contributed by atoms with Crippen LogP contribution in [-0.2, 0) is 19.4 Å². The molecule has 1 fully saturated rings.